The first kappa shape index (κ1) is 86.3. The van der Waals surface area contributed by atoms with E-state index in [0.717, 1.165) is 16.5 Å². The minimum Gasteiger partial charge on any atom is -0.508 e. The summed E-state index contributed by atoms with van der Waals surface area (Å²) in [6, 6.07) is 5.02. The van der Waals surface area contributed by atoms with Crippen molar-refractivity contribution in [2.45, 2.75) is 206 Å². The fraction of sp³-hybridized carbons (Fsp3) is 0.594. The lowest BCUT2D eigenvalue weighted by molar-refractivity contribution is -0.134. The predicted molar refractivity (Wildman–Crippen MR) is 384 cm³/mol. The number of fused-ring (bicyclic) bond motifs is 1. The topological polar surface area (TPSA) is 545 Å². The van der Waals surface area contributed by atoms with Gasteiger partial charge < -0.3 is 103 Å². The molecule has 0 fully saturated rings. The molecule has 0 spiro atoms. The molecular weight excluding hydrogens is 1320 g/mol. The molecule has 33 heteroatoms. The smallest absolute Gasteiger partial charge is 0.243 e. The van der Waals surface area contributed by atoms with Gasteiger partial charge in [-0.05, 0) is 145 Å². The molecule has 0 bridgehead atoms. The maximum atomic E-state index is 14.0. The van der Waals surface area contributed by atoms with E-state index in [1.165, 1.54) is 26.0 Å². The number of aliphatic imine (C=N–C) groups is 1. The Morgan fingerprint density at radius 2 is 1.02 bits per heavy atom. The number of rotatable bonds is 48. The Kier molecular flexibility index (Phi) is 38.7. The van der Waals surface area contributed by atoms with Crippen LogP contribution < -0.4 is 92.5 Å². The van der Waals surface area contributed by atoms with Gasteiger partial charge in [-0.2, -0.15) is 0 Å². The number of hydrogen-bond acceptors (Lipinski definition) is 17. The summed E-state index contributed by atoms with van der Waals surface area (Å²) in [5, 5.41) is 42.5. The van der Waals surface area contributed by atoms with Crippen molar-refractivity contribution in [3.05, 3.63) is 65.9 Å². The molecule has 24 N–H and O–H groups in total. The van der Waals surface area contributed by atoms with Crippen LogP contribution in [0, 0.1) is 11.3 Å². The van der Waals surface area contributed by atoms with Crippen molar-refractivity contribution < 1.29 is 67.4 Å². The molecule has 2 aromatic carbocycles. The number of nitrogens with two attached hydrogens (primary N) is 5. The lowest BCUT2D eigenvalue weighted by Crippen LogP contribution is -2.59. The van der Waals surface area contributed by atoms with Crippen LogP contribution >= 0.6 is 0 Å². The Labute approximate surface area is 596 Å². The second kappa shape index (κ2) is 45.8. The first-order valence-electron chi connectivity index (χ1n) is 34.9. The number of amides is 13. The summed E-state index contributed by atoms with van der Waals surface area (Å²) in [5.41, 5.74) is 30.0. The number of nitrogens with zero attached hydrogens (tertiary/aromatic N) is 1. The Bertz CT molecular complexity index is 3280. The van der Waals surface area contributed by atoms with E-state index in [1.54, 1.807) is 39.1 Å². The van der Waals surface area contributed by atoms with E-state index in [9.17, 15) is 67.4 Å². The number of H-pyrrole nitrogens is 1. The van der Waals surface area contributed by atoms with Crippen LogP contribution in [0.4, 0.5) is 0 Å². The third kappa shape index (κ3) is 34.4. The van der Waals surface area contributed by atoms with Crippen LogP contribution in [0.5, 0.6) is 5.75 Å². The lowest BCUT2D eigenvalue weighted by atomic mass is 9.85. The van der Waals surface area contributed by atoms with Gasteiger partial charge in [0.25, 0.3) is 0 Å². The SMILES string of the molecule is CC(C)C[C@H](NC(=O)[C@@H](NC(=O)CNC(=O)[C@H](C)NC(=O)[C@H](C)NC(=O)[C@H](CCCN=C(N)N)NC(=O)CNC(=O)CCCCNC(=O)CCCCNC(=O)CCCCNC(=O)[C@H](CCCCN)NC(=O)[C@H](Cc1ccc(O)cc1)NC(=O)[C@@H](N)Cc1c[nH]c2ccccc12)C(C)(C)C)C(N)=O. The molecule has 3 aromatic rings. The van der Waals surface area contributed by atoms with E-state index in [-0.39, 0.29) is 100 Å². The van der Waals surface area contributed by atoms with Crippen molar-refractivity contribution in [2.24, 2.45) is 45.0 Å². The first-order valence-corrected chi connectivity index (χ1v) is 34.9. The van der Waals surface area contributed by atoms with Gasteiger partial charge in [-0.25, -0.2) is 0 Å². The Hall–Kier alpha value is -9.92. The predicted octanol–water partition coefficient (Wildman–Crippen LogP) is -1.73. The molecule has 0 unspecified atom stereocenters. The van der Waals surface area contributed by atoms with E-state index in [4.69, 9.17) is 28.7 Å². The normalized spacial score (nSPS) is 13.5. The van der Waals surface area contributed by atoms with Crippen LogP contribution in [0.25, 0.3) is 10.9 Å². The molecule has 3 rings (SSSR count). The zero-order valence-corrected chi connectivity index (χ0v) is 60.0. The number of aromatic hydroxyl groups is 1. The fourth-order valence-electron chi connectivity index (χ4n) is 10.5. The molecule has 8 atom stereocenters. The highest BCUT2D eigenvalue weighted by Gasteiger charge is 2.36. The molecule has 0 radical (unpaired) electrons. The number of aromatic amines is 1. The molecule has 0 saturated heterocycles. The summed E-state index contributed by atoms with van der Waals surface area (Å²) in [6.45, 7) is 11.8. The molecule has 0 saturated carbocycles. The highest BCUT2D eigenvalue weighted by molar-refractivity contribution is 5.97. The summed E-state index contributed by atoms with van der Waals surface area (Å²) in [6.07, 6.45) is 7.22. The number of carbonyl (C=O) groups excluding carboxylic acids is 13. The molecular formula is C69H111N19O14. The number of para-hydroxylation sites is 1. The minimum atomic E-state index is -1.23. The maximum absolute atomic E-state index is 14.0. The summed E-state index contributed by atoms with van der Waals surface area (Å²) in [5.74, 6) is -7.73. The zero-order chi connectivity index (χ0) is 75.9. The van der Waals surface area contributed by atoms with E-state index >= 15 is 0 Å². The van der Waals surface area contributed by atoms with Gasteiger partial charge >= 0.3 is 0 Å². The van der Waals surface area contributed by atoms with Crippen LogP contribution in [0.1, 0.15) is 156 Å². The van der Waals surface area contributed by atoms with Crippen molar-refractivity contribution >= 4 is 93.7 Å². The summed E-state index contributed by atoms with van der Waals surface area (Å²) >= 11 is 0. The molecule has 0 aliphatic rings. The van der Waals surface area contributed by atoms with Crippen molar-refractivity contribution in [3.63, 3.8) is 0 Å². The number of phenolic OH excluding ortho intramolecular Hbond substituents is 1. The lowest BCUT2D eigenvalue weighted by Gasteiger charge is -2.32. The van der Waals surface area contributed by atoms with Gasteiger partial charge in [-0.3, -0.25) is 67.3 Å². The standard InChI is InChI=1S/C69H111N19O14/c1-41(2)35-52(60(72)95)86-67(102)59(69(5,6)7)88-58(94)40-81-61(96)42(3)82-62(97)43(4)83-65(100)51(22-18-34-78-68(73)74)84-57(93)39-80-56(92)25-12-16-32-76-54(90)23-11-15-31-75-55(91)24-13-17-33-77-64(99)50(21-10-14-30-70)85-66(101)53(36-44-26-28-46(89)29-27-44)87-63(98)48(71)37-45-38-79-49-20-9-8-19-47(45)49/h8-9,19-20,26-29,38,41-43,48,50-53,59,79,89H,10-18,21-25,30-37,39-40,70-71H2,1-7H3,(H2,72,95)(H,75,91)(H,76,90)(H,77,99)(H,80,92)(H,81,96)(H,82,97)(H,83,100)(H,84,93)(H,85,101)(H,86,102)(H,87,98)(H,88,94)(H4,73,74,78)/t42-,43-,48-,50-,51-,52-,53-,59+/m0/s1. The van der Waals surface area contributed by atoms with Gasteiger partial charge in [0.1, 0.15) is 48.0 Å². The highest BCUT2D eigenvalue weighted by Crippen LogP contribution is 2.22. The minimum absolute atomic E-state index is 0.0186. The van der Waals surface area contributed by atoms with Crippen LogP contribution in [0.2, 0.25) is 0 Å². The summed E-state index contributed by atoms with van der Waals surface area (Å²) < 4.78 is 0. The van der Waals surface area contributed by atoms with Gasteiger partial charge in [0.05, 0.1) is 19.1 Å². The molecule has 1 heterocycles. The number of hydrogen-bond donors (Lipinski definition) is 19. The second-order valence-corrected chi connectivity index (χ2v) is 26.8. The van der Waals surface area contributed by atoms with Crippen molar-refractivity contribution in [3.8, 4) is 5.75 Å². The number of nitrogens with one attached hydrogen (secondary N) is 13. The van der Waals surface area contributed by atoms with E-state index in [0.29, 0.717) is 76.6 Å². The zero-order valence-electron chi connectivity index (χ0n) is 60.0. The van der Waals surface area contributed by atoms with Crippen molar-refractivity contribution in [1.82, 2.24) is 68.8 Å². The number of benzene rings is 2. The molecule has 0 aliphatic heterocycles. The molecule has 13 amide bonds. The largest absolute Gasteiger partial charge is 0.508 e. The average molecular weight is 1430 g/mol. The Morgan fingerprint density at radius 3 is 1.61 bits per heavy atom. The maximum Gasteiger partial charge on any atom is 0.243 e. The fourth-order valence-corrected chi connectivity index (χ4v) is 10.5. The third-order valence-electron chi connectivity index (χ3n) is 16.2. The first-order chi connectivity index (χ1) is 48.3. The quantitative estimate of drug-likeness (QED) is 0.0170. The average Bonchev–Trinajstić information content (AvgIpc) is 1.60. The van der Waals surface area contributed by atoms with Crippen molar-refractivity contribution in [1.29, 1.82) is 0 Å². The van der Waals surface area contributed by atoms with Crippen LogP contribution in [0.3, 0.4) is 0 Å². The summed E-state index contributed by atoms with van der Waals surface area (Å²) in [4.78, 5) is 177. The Morgan fingerprint density at radius 1 is 0.500 bits per heavy atom. The molecule has 1 aromatic heterocycles. The molecule has 102 heavy (non-hydrogen) atoms. The number of guanidine groups is 1. The third-order valence-corrected chi connectivity index (χ3v) is 16.2. The van der Waals surface area contributed by atoms with Crippen LogP contribution in [-0.2, 0) is 75.2 Å². The van der Waals surface area contributed by atoms with E-state index in [1.807, 2.05) is 38.1 Å². The van der Waals surface area contributed by atoms with Crippen molar-refractivity contribution in [2.75, 3.05) is 45.8 Å². The number of phenols is 1. The molecule has 566 valence electrons. The van der Waals surface area contributed by atoms with Gasteiger partial charge in [0, 0.05) is 69.0 Å². The van der Waals surface area contributed by atoms with Crippen LogP contribution in [-0.4, -0.2) is 187 Å². The van der Waals surface area contributed by atoms with Gasteiger partial charge in [-0.15, -0.1) is 0 Å². The van der Waals surface area contributed by atoms with Gasteiger partial charge in [-0.1, -0.05) is 65.0 Å². The number of unbranched alkanes of at least 4 members (excludes halogenated alkanes) is 4. The van der Waals surface area contributed by atoms with Gasteiger partial charge in [0.2, 0.25) is 76.8 Å². The van der Waals surface area contributed by atoms with Crippen LogP contribution in [0.15, 0.2) is 59.7 Å². The number of primary amides is 1. The van der Waals surface area contributed by atoms with E-state index < -0.39 is 132 Å². The molecule has 0 aliphatic carbocycles. The van der Waals surface area contributed by atoms with Gasteiger partial charge in [0.15, 0.2) is 5.96 Å². The summed E-state index contributed by atoms with van der Waals surface area (Å²) in [7, 11) is 0. The monoisotopic (exact) mass is 1430 g/mol. The number of carbonyl (C=O) groups is 13. The van der Waals surface area contributed by atoms with E-state index in [2.05, 4.69) is 73.8 Å². The second-order valence-electron chi connectivity index (χ2n) is 26.8. The molecule has 33 nitrogen and oxygen atoms in total. The highest BCUT2D eigenvalue weighted by atomic mass is 16.3. The Balaban J connectivity index is 1.34. The number of aromatic nitrogens is 1.